The molecule has 150 valence electrons. The third kappa shape index (κ3) is 3.68. The topological polar surface area (TPSA) is 88.5 Å². The fourth-order valence-corrected chi connectivity index (χ4v) is 4.09. The number of nitrogens with zero attached hydrogens (tertiary/aromatic N) is 2. The van der Waals surface area contributed by atoms with Crippen molar-refractivity contribution in [1.29, 1.82) is 0 Å². The first kappa shape index (κ1) is 19.0. The average molecular weight is 393 g/mol. The maximum absolute atomic E-state index is 13.4. The molecule has 1 N–H and O–H groups in total. The highest BCUT2D eigenvalue weighted by Crippen LogP contribution is 2.33. The van der Waals surface area contributed by atoms with E-state index in [1.165, 1.54) is 6.07 Å². The number of aromatic nitrogens is 1. The Morgan fingerprint density at radius 2 is 1.97 bits per heavy atom. The van der Waals surface area contributed by atoms with E-state index in [1.54, 1.807) is 25.3 Å². The van der Waals surface area contributed by atoms with E-state index in [9.17, 15) is 14.9 Å². The van der Waals surface area contributed by atoms with Gasteiger partial charge in [0.25, 0.3) is 11.6 Å². The minimum atomic E-state index is -0.431. The quantitative estimate of drug-likeness (QED) is 0.507. The first-order chi connectivity index (χ1) is 14.1. The largest absolute Gasteiger partial charge is 0.497 e. The van der Waals surface area contributed by atoms with Crippen molar-refractivity contribution in [2.24, 2.45) is 0 Å². The molecule has 0 aliphatic carbocycles. The number of carbonyl (C=O) groups excluding carboxylic acids is 1. The lowest BCUT2D eigenvalue weighted by Crippen LogP contribution is -2.35. The number of methoxy groups -OCH3 is 1. The summed E-state index contributed by atoms with van der Waals surface area (Å²) >= 11 is 0. The number of amides is 1. The molecule has 3 aromatic rings. The van der Waals surface area contributed by atoms with Gasteiger partial charge in [0.2, 0.25) is 0 Å². The summed E-state index contributed by atoms with van der Waals surface area (Å²) in [6, 6.07) is 14.4. The Bertz CT molecular complexity index is 1040. The second kappa shape index (κ2) is 7.95. The van der Waals surface area contributed by atoms with Crippen molar-refractivity contribution in [2.45, 2.75) is 31.7 Å². The van der Waals surface area contributed by atoms with Gasteiger partial charge < -0.3 is 14.6 Å². The van der Waals surface area contributed by atoms with E-state index in [0.29, 0.717) is 23.1 Å². The molecule has 1 aliphatic heterocycles. The molecule has 0 radical (unpaired) electrons. The Hall–Kier alpha value is -3.35. The highest BCUT2D eigenvalue weighted by Gasteiger charge is 2.29. The van der Waals surface area contributed by atoms with E-state index in [1.807, 2.05) is 29.2 Å². The lowest BCUT2D eigenvalue weighted by molar-refractivity contribution is -0.383. The van der Waals surface area contributed by atoms with Gasteiger partial charge in [-0.25, -0.2) is 0 Å². The molecule has 1 aliphatic rings. The van der Waals surface area contributed by atoms with E-state index in [-0.39, 0.29) is 17.6 Å². The summed E-state index contributed by atoms with van der Waals surface area (Å²) < 4.78 is 5.25. The number of para-hydroxylation sites is 1. The number of hydrogen-bond acceptors (Lipinski definition) is 4. The third-order valence-corrected chi connectivity index (χ3v) is 5.58. The number of rotatable bonds is 4. The van der Waals surface area contributed by atoms with Gasteiger partial charge in [-0.1, -0.05) is 37.1 Å². The summed E-state index contributed by atoms with van der Waals surface area (Å²) in [6.45, 7) is 0.660. The van der Waals surface area contributed by atoms with Gasteiger partial charge in [-0.05, 0) is 36.6 Å². The molecule has 0 unspecified atom stereocenters. The molecule has 7 nitrogen and oxygen atoms in total. The summed E-state index contributed by atoms with van der Waals surface area (Å²) in [4.78, 5) is 29.2. The number of H-pyrrole nitrogens is 1. The summed E-state index contributed by atoms with van der Waals surface area (Å²) in [6.07, 6.45) is 3.96. The molecule has 1 atom stereocenters. The Morgan fingerprint density at radius 3 is 2.69 bits per heavy atom. The lowest BCUT2D eigenvalue weighted by Gasteiger charge is -2.30. The molecule has 29 heavy (non-hydrogen) atoms. The van der Waals surface area contributed by atoms with Crippen LogP contribution in [0.2, 0.25) is 0 Å². The van der Waals surface area contributed by atoms with Crippen LogP contribution in [0, 0.1) is 10.1 Å². The van der Waals surface area contributed by atoms with E-state index < -0.39 is 4.92 Å². The van der Waals surface area contributed by atoms with Crippen LogP contribution in [0.3, 0.4) is 0 Å². The van der Waals surface area contributed by atoms with Crippen LogP contribution in [-0.2, 0) is 0 Å². The second-order valence-corrected chi connectivity index (χ2v) is 7.32. The van der Waals surface area contributed by atoms with Gasteiger partial charge in [0, 0.05) is 18.0 Å². The number of carbonyl (C=O) groups is 1. The van der Waals surface area contributed by atoms with Crippen LogP contribution in [0.5, 0.6) is 5.75 Å². The normalized spacial score (nSPS) is 17.1. The molecule has 0 spiro atoms. The minimum Gasteiger partial charge on any atom is -0.497 e. The van der Waals surface area contributed by atoms with Crippen LogP contribution >= 0.6 is 0 Å². The number of benzene rings is 2. The second-order valence-electron chi connectivity index (χ2n) is 7.32. The fraction of sp³-hybridized carbons (Fsp3) is 0.318. The van der Waals surface area contributed by atoms with Gasteiger partial charge in [0.15, 0.2) is 0 Å². The van der Waals surface area contributed by atoms with Crippen LogP contribution < -0.4 is 4.74 Å². The number of ether oxygens (including phenoxy) is 1. The van der Waals surface area contributed by atoms with Gasteiger partial charge in [-0.2, -0.15) is 0 Å². The predicted molar refractivity (Wildman–Crippen MR) is 110 cm³/mol. The highest BCUT2D eigenvalue weighted by molar-refractivity contribution is 6.00. The standard InChI is InChI=1S/C22H23N3O4/c1-29-17-11-9-15(10-12-17)19-7-3-2-4-13-24(19)22(26)18-14-16-6-5-8-20(25(27)28)21(16)23-18/h5-6,8-12,14,19,23H,2-4,7,13H2,1H3/t19-/m1/s1. The number of hydrogen-bond donors (Lipinski definition) is 1. The van der Waals surface area contributed by atoms with Gasteiger partial charge in [-0.15, -0.1) is 0 Å². The van der Waals surface area contributed by atoms with Gasteiger partial charge >= 0.3 is 0 Å². The Morgan fingerprint density at radius 1 is 1.17 bits per heavy atom. The van der Waals surface area contributed by atoms with E-state index >= 15 is 0 Å². The molecule has 1 saturated heterocycles. The number of non-ortho nitro benzene ring substituents is 1. The number of nitro benzene ring substituents is 1. The van der Waals surface area contributed by atoms with Gasteiger partial charge in [0.05, 0.1) is 18.1 Å². The molecule has 7 heteroatoms. The summed E-state index contributed by atoms with van der Waals surface area (Å²) in [5, 5.41) is 12.0. The van der Waals surface area contributed by atoms with Crippen LogP contribution in [0.1, 0.15) is 47.8 Å². The number of aromatic amines is 1. The van der Waals surface area contributed by atoms with Crippen molar-refractivity contribution in [3.05, 3.63) is 69.9 Å². The molecule has 1 aromatic heterocycles. The Balaban J connectivity index is 1.70. The van der Waals surface area contributed by atoms with Crippen molar-refractivity contribution in [2.75, 3.05) is 13.7 Å². The minimum absolute atomic E-state index is 0.0240. The molecule has 4 rings (SSSR count). The van der Waals surface area contributed by atoms with Crippen LogP contribution in [-0.4, -0.2) is 34.4 Å². The third-order valence-electron chi connectivity index (χ3n) is 5.58. The maximum atomic E-state index is 13.4. The van der Waals surface area contributed by atoms with E-state index in [2.05, 4.69) is 4.98 Å². The van der Waals surface area contributed by atoms with E-state index in [0.717, 1.165) is 37.0 Å². The van der Waals surface area contributed by atoms with Crippen molar-refractivity contribution < 1.29 is 14.5 Å². The molecular weight excluding hydrogens is 370 g/mol. The average Bonchev–Trinajstić information content (AvgIpc) is 3.03. The number of nitrogens with one attached hydrogen (secondary N) is 1. The predicted octanol–water partition coefficient (Wildman–Crippen LogP) is 4.84. The summed E-state index contributed by atoms with van der Waals surface area (Å²) in [7, 11) is 1.63. The summed E-state index contributed by atoms with van der Waals surface area (Å²) in [5.41, 5.74) is 1.82. The first-order valence-electron chi connectivity index (χ1n) is 9.79. The summed E-state index contributed by atoms with van der Waals surface area (Å²) in [5.74, 6) is 0.654. The monoisotopic (exact) mass is 393 g/mol. The molecule has 0 saturated carbocycles. The lowest BCUT2D eigenvalue weighted by atomic mass is 10.0. The zero-order valence-corrected chi connectivity index (χ0v) is 16.3. The van der Waals surface area contributed by atoms with Crippen LogP contribution in [0.4, 0.5) is 5.69 Å². The van der Waals surface area contributed by atoms with Crippen molar-refractivity contribution in [3.63, 3.8) is 0 Å². The van der Waals surface area contributed by atoms with Crippen LogP contribution in [0.25, 0.3) is 10.9 Å². The van der Waals surface area contributed by atoms with Crippen molar-refractivity contribution >= 4 is 22.5 Å². The van der Waals surface area contributed by atoms with Crippen LogP contribution in [0.15, 0.2) is 48.5 Å². The fourth-order valence-electron chi connectivity index (χ4n) is 4.09. The van der Waals surface area contributed by atoms with Crippen molar-refractivity contribution in [3.8, 4) is 5.75 Å². The van der Waals surface area contributed by atoms with Gasteiger partial charge in [-0.3, -0.25) is 14.9 Å². The molecule has 1 amide bonds. The molecule has 2 heterocycles. The first-order valence-corrected chi connectivity index (χ1v) is 9.79. The van der Waals surface area contributed by atoms with Crippen molar-refractivity contribution in [1.82, 2.24) is 9.88 Å². The molecule has 0 bridgehead atoms. The highest BCUT2D eigenvalue weighted by atomic mass is 16.6. The number of nitro groups is 1. The molecule has 1 fully saturated rings. The Labute approximate surface area is 168 Å². The van der Waals surface area contributed by atoms with E-state index in [4.69, 9.17) is 4.74 Å². The molecular formula is C22H23N3O4. The maximum Gasteiger partial charge on any atom is 0.293 e. The smallest absolute Gasteiger partial charge is 0.293 e. The number of likely N-dealkylation sites (tertiary alicyclic amines) is 1. The van der Waals surface area contributed by atoms with Gasteiger partial charge in [0.1, 0.15) is 17.0 Å². The number of fused-ring (bicyclic) bond motifs is 1. The zero-order chi connectivity index (χ0) is 20.4. The SMILES string of the molecule is COc1ccc([C@H]2CCCCCN2C(=O)c2cc3cccc([N+](=O)[O-])c3[nH]2)cc1. The molecule has 2 aromatic carbocycles. The Kier molecular flexibility index (Phi) is 5.20. The zero-order valence-electron chi connectivity index (χ0n) is 16.3.